The Kier molecular flexibility index (Phi) is 5.00. The van der Waals surface area contributed by atoms with Gasteiger partial charge in [-0.1, -0.05) is 40.6 Å². The summed E-state index contributed by atoms with van der Waals surface area (Å²) in [6, 6.07) is 12.1. The molecule has 3 heteroatoms. The predicted molar refractivity (Wildman–Crippen MR) is 84.0 cm³/mol. The van der Waals surface area contributed by atoms with Crippen LogP contribution < -0.4 is 5.32 Å². The van der Waals surface area contributed by atoms with E-state index in [4.69, 9.17) is 4.42 Å². The maximum atomic E-state index is 5.84. The molecule has 0 saturated heterocycles. The number of benzene rings is 1. The van der Waals surface area contributed by atoms with Gasteiger partial charge in [-0.05, 0) is 43.8 Å². The summed E-state index contributed by atoms with van der Waals surface area (Å²) in [6.45, 7) is 6.08. The fourth-order valence-corrected chi connectivity index (χ4v) is 2.08. The minimum absolute atomic E-state index is 0.894. The topological polar surface area (TPSA) is 25.2 Å². The Hall–Kier alpha value is -1.32. The van der Waals surface area contributed by atoms with E-state index in [1.165, 1.54) is 5.57 Å². The Morgan fingerprint density at radius 2 is 1.95 bits per heavy atom. The summed E-state index contributed by atoms with van der Waals surface area (Å²) in [5, 5.41) is 3.30. The molecular weight excluding hydrogens is 302 g/mol. The van der Waals surface area contributed by atoms with Gasteiger partial charge in [0.15, 0.2) is 0 Å². The molecule has 0 fully saturated rings. The molecule has 2 aromatic rings. The first kappa shape index (κ1) is 14.1. The molecule has 0 aliphatic rings. The van der Waals surface area contributed by atoms with Crippen LogP contribution in [0.15, 0.2) is 50.9 Å². The second kappa shape index (κ2) is 6.73. The van der Waals surface area contributed by atoms with Gasteiger partial charge in [0.05, 0.1) is 0 Å². The second-order valence-electron chi connectivity index (χ2n) is 4.48. The van der Waals surface area contributed by atoms with Crippen molar-refractivity contribution in [2.24, 2.45) is 0 Å². The zero-order chi connectivity index (χ0) is 13.7. The van der Waals surface area contributed by atoms with Crippen LogP contribution >= 0.6 is 15.9 Å². The van der Waals surface area contributed by atoms with E-state index in [1.54, 1.807) is 0 Å². The summed E-state index contributed by atoms with van der Waals surface area (Å²) in [5.41, 5.74) is 2.35. The largest absolute Gasteiger partial charge is 0.457 e. The summed E-state index contributed by atoms with van der Waals surface area (Å²) >= 11 is 3.43. The first-order valence-corrected chi connectivity index (χ1v) is 7.22. The van der Waals surface area contributed by atoms with Crippen LogP contribution in [-0.2, 0) is 0 Å². The maximum Gasteiger partial charge on any atom is 0.134 e. The highest BCUT2D eigenvalue weighted by atomic mass is 79.9. The molecule has 0 atom stereocenters. The van der Waals surface area contributed by atoms with E-state index in [-0.39, 0.29) is 0 Å². The molecule has 19 heavy (non-hydrogen) atoms. The number of nitrogens with one attached hydrogen (secondary N) is 1. The summed E-state index contributed by atoms with van der Waals surface area (Å²) < 4.78 is 6.91. The smallest absolute Gasteiger partial charge is 0.134 e. The van der Waals surface area contributed by atoms with Crippen LogP contribution in [0, 0.1) is 0 Å². The van der Waals surface area contributed by atoms with Gasteiger partial charge in [-0.15, -0.1) is 0 Å². The molecule has 1 N–H and O–H groups in total. The number of likely N-dealkylation sites (N-methyl/N-ethyl adjacent to an activating group) is 1. The van der Waals surface area contributed by atoms with Gasteiger partial charge in [0.1, 0.15) is 11.5 Å². The highest BCUT2D eigenvalue weighted by molar-refractivity contribution is 9.10. The summed E-state index contributed by atoms with van der Waals surface area (Å²) in [4.78, 5) is 0. The van der Waals surface area contributed by atoms with E-state index < -0.39 is 0 Å². The van der Waals surface area contributed by atoms with E-state index in [2.05, 4.69) is 41.2 Å². The third-order valence-corrected chi connectivity index (χ3v) is 3.33. The van der Waals surface area contributed by atoms with Crippen LogP contribution in [-0.4, -0.2) is 13.1 Å². The minimum atomic E-state index is 0.894. The number of furan rings is 1. The monoisotopic (exact) mass is 319 g/mol. The molecule has 0 bridgehead atoms. The summed E-state index contributed by atoms with van der Waals surface area (Å²) in [5.74, 6) is 1.79. The molecule has 0 radical (unpaired) electrons. The lowest BCUT2D eigenvalue weighted by Crippen LogP contribution is -2.14. The van der Waals surface area contributed by atoms with Gasteiger partial charge in [-0.2, -0.15) is 0 Å². The Labute approximate surface area is 122 Å². The Balaban J connectivity index is 2.12. The molecule has 0 spiro atoms. The summed E-state index contributed by atoms with van der Waals surface area (Å²) in [7, 11) is 0. The van der Waals surface area contributed by atoms with Crippen LogP contribution in [0.1, 0.15) is 19.6 Å². The van der Waals surface area contributed by atoms with Gasteiger partial charge >= 0.3 is 0 Å². The lowest BCUT2D eigenvalue weighted by atomic mass is 10.2. The zero-order valence-electron chi connectivity index (χ0n) is 11.2. The Morgan fingerprint density at radius 1 is 1.21 bits per heavy atom. The SMILES string of the molecule is CCNCC(C)=Cc1ccc(-c2ccc(Br)cc2)o1. The lowest BCUT2D eigenvalue weighted by molar-refractivity contribution is 0.571. The maximum absolute atomic E-state index is 5.84. The van der Waals surface area contributed by atoms with Crippen molar-refractivity contribution in [3.05, 3.63) is 52.2 Å². The first-order chi connectivity index (χ1) is 9.19. The lowest BCUT2D eigenvalue weighted by Gasteiger charge is -2.00. The fourth-order valence-electron chi connectivity index (χ4n) is 1.82. The van der Waals surface area contributed by atoms with Gasteiger partial charge in [0.25, 0.3) is 0 Å². The van der Waals surface area contributed by atoms with Crippen LogP contribution in [0.5, 0.6) is 0 Å². The van der Waals surface area contributed by atoms with Gasteiger partial charge < -0.3 is 9.73 Å². The van der Waals surface area contributed by atoms with E-state index in [0.29, 0.717) is 0 Å². The van der Waals surface area contributed by atoms with Crippen LogP contribution in [0.2, 0.25) is 0 Å². The van der Waals surface area contributed by atoms with Crippen LogP contribution in [0.25, 0.3) is 17.4 Å². The first-order valence-electron chi connectivity index (χ1n) is 6.42. The number of rotatable bonds is 5. The van der Waals surface area contributed by atoms with E-state index >= 15 is 0 Å². The molecule has 0 unspecified atom stereocenters. The van der Waals surface area contributed by atoms with Gasteiger partial charge in [-0.3, -0.25) is 0 Å². The zero-order valence-corrected chi connectivity index (χ0v) is 12.8. The third kappa shape index (κ3) is 4.08. The number of hydrogen-bond acceptors (Lipinski definition) is 2. The van der Waals surface area contributed by atoms with E-state index in [1.807, 2.05) is 36.4 Å². The molecule has 0 saturated carbocycles. The van der Waals surface area contributed by atoms with Crippen LogP contribution in [0.3, 0.4) is 0 Å². The Morgan fingerprint density at radius 3 is 2.63 bits per heavy atom. The second-order valence-corrected chi connectivity index (χ2v) is 5.40. The van der Waals surface area contributed by atoms with Crippen molar-refractivity contribution in [2.45, 2.75) is 13.8 Å². The van der Waals surface area contributed by atoms with Crippen molar-refractivity contribution >= 4 is 22.0 Å². The third-order valence-electron chi connectivity index (χ3n) is 2.80. The molecule has 1 heterocycles. The highest BCUT2D eigenvalue weighted by Gasteiger charge is 2.03. The average molecular weight is 320 g/mol. The average Bonchev–Trinajstić information content (AvgIpc) is 2.85. The van der Waals surface area contributed by atoms with Crippen molar-refractivity contribution in [3.63, 3.8) is 0 Å². The fraction of sp³-hybridized carbons (Fsp3) is 0.250. The molecule has 2 rings (SSSR count). The molecule has 2 nitrogen and oxygen atoms in total. The molecule has 0 aliphatic carbocycles. The molecule has 1 aromatic carbocycles. The van der Waals surface area contributed by atoms with Crippen LogP contribution in [0.4, 0.5) is 0 Å². The quantitative estimate of drug-likeness (QED) is 0.862. The van der Waals surface area contributed by atoms with E-state index in [9.17, 15) is 0 Å². The van der Waals surface area contributed by atoms with Crippen molar-refractivity contribution in [1.82, 2.24) is 5.32 Å². The normalized spacial score (nSPS) is 11.8. The van der Waals surface area contributed by atoms with Crippen molar-refractivity contribution in [1.29, 1.82) is 0 Å². The molecule has 1 aromatic heterocycles. The Bertz CT molecular complexity index is 554. The van der Waals surface area contributed by atoms with Crippen molar-refractivity contribution < 1.29 is 4.42 Å². The summed E-state index contributed by atoms with van der Waals surface area (Å²) in [6.07, 6.45) is 2.07. The highest BCUT2D eigenvalue weighted by Crippen LogP contribution is 2.24. The van der Waals surface area contributed by atoms with Gasteiger partial charge in [0, 0.05) is 16.6 Å². The standard InChI is InChI=1S/C16H18BrNO/c1-3-18-11-12(2)10-15-8-9-16(19-15)13-4-6-14(17)7-5-13/h4-10,18H,3,11H2,1-2H3. The number of hydrogen-bond donors (Lipinski definition) is 1. The predicted octanol–water partition coefficient (Wildman–Crippen LogP) is 4.72. The van der Waals surface area contributed by atoms with Gasteiger partial charge in [0.2, 0.25) is 0 Å². The number of halogens is 1. The van der Waals surface area contributed by atoms with Crippen molar-refractivity contribution in [3.8, 4) is 11.3 Å². The molecular formula is C16H18BrNO. The van der Waals surface area contributed by atoms with Gasteiger partial charge in [-0.25, -0.2) is 0 Å². The minimum Gasteiger partial charge on any atom is -0.457 e. The molecule has 100 valence electrons. The van der Waals surface area contributed by atoms with Crippen molar-refractivity contribution in [2.75, 3.05) is 13.1 Å². The van der Waals surface area contributed by atoms with E-state index in [0.717, 1.165) is 34.6 Å². The molecule has 0 amide bonds. The molecule has 0 aliphatic heterocycles.